The Bertz CT molecular complexity index is 282. The molecule has 4 heteroatoms. The average molecular weight is 224 g/mol. The smallest absolute Gasteiger partial charge is 0.196 e. The molecule has 2 aliphatic heterocycles. The first kappa shape index (κ1) is 11.4. The Kier molecular flexibility index (Phi) is 3.46. The second kappa shape index (κ2) is 4.85. The van der Waals surface area contributed by atoms with Crippen LogP contribution in [0.2, 0.25) is 0 Å². The van der Waals surface area contributed by atoms with Crippen LogP contribution in [-0.2, 0) is 9.47 Å². The molecule has 0 aliphatic carbocycles. The van der Waals surface area contributed by atoms with Crippen molar-refractivity contribution in [2.75, 3.05) is 13.2 Å². The third-order valence-corrected chi connectivity index (χ3v) is 3.15. The molecule has 0 amide bonds. The first-order valence-corrected chi connectivity index (χ1v) is 6.15. The van der Waals surface area contributed by atoms with E-state index in [1.165, 1.54) is 0 Å². The summed E-state index contributed by atoms with van der Waals surface area (Å²) in [6.07, 6.45) is 2.06. The summed E-state index contributed by atoms with van der Waals surface area (Å²) >= 11 is 0. The van der Waals surface area contributed by atoms with Gasteiger partial charge in [-0.1, -0.05) is 13.8 Å². The lowest BCUT2D eigenvalue weighted by molar-refractivity contribution is 0.284. The minimum atomic E-state index is 0.0769. The van der Waals surface area contributed by atoms with Crippen molar-refractivity contribution < 1.29 is 9.47 Å². The Morgan fingerprint density at radius 1 is 1.06 bits per heavy atom. The Hall–Kier alpha value is -1.06. The predicted octanol–water partition coefficient (Wildman–Crippen LogP) is 2.04. The van der Waals surface area contributed by atoms with Crippen LogP contribution in [0, 0.1) is 5.92 Å². The average Bonchev–Trinajstić information content (AvgIpc) is 2.97. The zero-order chi connectivity index (χ0) is 11.5. The molecule has 2 heterocycles. The summed E-state index contributed by atoms with van der Waals surface area (Å²) < 4.78 is 11.2. The highest BCUT2D eigenvalue weighted by molar-refractivity contribution is 6.01. The lowest BCUT2D eigenvalue weighted by atomic mass is 10.2. The molecule has 0 aromatic heterocycles. The molecule has 90 valence electrons. The predicted molar refractivity (Wildman–Crippen MR) is 64.1 cm³/mol. The Morgan fingerprint density at radius 3 is 1.81 bits per heavy atom. The number of hydrogen-bond acceptors (Lipinski definition) is 4. The molecule has 0 saturated carbocycles. The molecule has 2 atom stereocenters. The van der Waals surface area contributed by atoms with Gasteiger partial charge in [0.25, 0.3) is 0 Å². The summed E-state index contributed by atoms with van der Waals surface area (Å²) in [6.45, 7) is 7.72. The Balaban J connectivity index is 2.01. The molecule has 4 nitrogen and oxygen atoms in total. The maximum Gasteiger partial charge on any atom is 0.196 e. The normalized spacial score (nSPS) is 30.4. The number of rotatable bonds is 4. The van der Waals surface area contributed by atoms with E-state index in [4.69, 9.17) is 9.47 Å². The van der Waals surface area contributed by atoms with Crippen LogP contribution < -0.4 is 0 Å². The van der Waals surface area contributed by atoms with Gasteiger partial charge < -0.3 is 9.47 Å². The summed E-state index contributed by atoms with van der Waals surface area (Å²) in [4.78, 5) is 9.07. The molecule has 0 N–H and O–H groups in total. The molecule has 0 spiro atoms. The van der Waals surface area contributed by atoms with Crippen molar-refractivity contribution in [3.05, 3.63) is 0 Å². The lowest BCUT2D eigenvalue weighted by Crippen LogP contribution is -2.21. The summed E-state index contributed by atoms with van der Waals surface area (Å²) in [5, 5.41) is 0. The highest BCUT2D eigenvalue weighted by Gasteiger charge is 2.30. The van der Waals surface area contributed by atoms with E-state index in [-0.39, 0.29) is 5.92 Å². The maximum absolute atomic E-state index is 5.59. The quantitative estimate of drug-likeness (QED) is 0.733. The zero-order valence-electron chi connectivity index (χ0n) is 10.3. The Morgan fingerprint density at radius 2 is 1.50 bits per heavy atom. The largest absolute Gasteiger partial charge is 0.478 e. The minimum absolute atomic E-state index is 0.0769. The highest BCUT2D eigenvalue weighted by atomic mass is 16.5. The van der Waals surface area contributed by atoms with E-state index in [9.17, 15) is 0 Å². The molecule has 0 saturated heterocycles. The molecule has 0 aromatic carbocycles. The molecular formula is C12H20N2O2. The van der Waals surface area contributed by atoms with Crippen LogP contribution in [0.4, 0.5) is 0 Å². The molecule has 0 aromatic rings. The van der Waals surface area contributed by atoms with Crippen molar-refractivity contribution in [1.29, 1.82) is 0 Å². The van der Waals surface area contributed by atoms with Gasteiger partial charge in [0.2, 0.25) is 0 Å². The van der Waals surface area contributed by atoms with E-state index in [1.54, 1.807) is 0 Å². The van der Waals surface area contributed by atoms with Crippen LogP contribution in [0.15, 0.2) is 9.98 Å². The number of nitrogens with zero attached hydrogens (tertiary/aromatic N) is 2. The maximum atomic E-state index is 5.59. The van der Waals surface area contributed by atoms with Gasteiger partial charge in [-0.05, 0) is 19.8 Å². The summed E-state index contributed by atoms with van der Waals surface area (Å²) in [5.41, 5.74) is 0. The van der Waals surface area contributed by atoms with Gasteiger partial charge in [0.05, 0.1) is 12.1 Å². The highest BCUT2D eigenvalue weighted by Crippen LogP contribution is 2.19. The van der Waals surface area contributed by atoms with Gasteiger partial charge in [0.1, 0.15) is 19.1 Å². The lowest BCUT2D eigenvalue weighted by Gasteiger charge is -2.10. The molecule has 0 radical (unpaired) electrons. The SMILES string of the molecule is CCC1COC(C(C)C2=NC(CC)CO2)=N1. The molecule has 2 aliphatic rings. The number of ether oxygens (including phenoxy) is 2. The van der Waals surface area contributed by atoms with Gasteiger partial charge in [-0.2, -0.15) is 0 Å². The summed E-state index contributed by atoms with van der Waals surface area (Å²) in [5.74, 6) is 1.66. The van der Waals surface area contributed by atoms with Crippen molar-refractivity contribution in [3.8, 4) is 0 Å². The van der Waals surface area contributed by atoms with Gasteiger partial charge in [0.15, 0.2) is 11.8 Å². The zero-order valence-corrected chi connectivity index (χ0v) is 10.3. The summed E-state index contributed by atoms with van der Waals surface area (Å²) in [6, 6.07) is 0.642. The van der Waals surface area contributed by atoms with E-state index in [2.05, 4.69) is 23.8 Å². The van der Waals surface area contributed by atoms with Crippen LogP contribution >= 0.6 is 0 Å². The van der Waals surface area contributed by atoms with Crippen LogP contribution in [0.1, 0.15) is 33.6 Å². The topological polar surface area (TPSA) is 43.2 Å². The fourth-order valence-electron chi connectivity index (χ4n) is 1.87. The number of hydrogen-bond donors (Lipinski definition) is 0. The monoisotopic (exact) mass is 224 g/mol. The van der Waals surface area contributed by atoms with Gasteiger partial charge in [-0.15, -0.1) is 0 Å². The standard InChI is InChI=1S/C12H20N2O2/c1-4-9-6-15-11(13-9)8(3)12-14-10(5-2)7-16-12/h8-10H,4-7H2,1-3H3. The van der Waals surface area contributed by atoms with E-state index in [0.29, 0.717) is 25.3 Å². The second-order valence-corrected chi connectivity index (χ2v) is 4.40. The fraction of sp³-hybridized carbons (Fsp3) is 0.833. The third-order valence-electron chi connectivity index (χ3n) is 3.15. The molecule has 2 unspecified atom stereocenters. The van der Waals surface area contributed by atoms with Crippen molar-refractivity contribution >= 4 is 11.8 Å². The van der Waals surface area contributed by atoms with E-state index in [1.807, 2.05) is 6.92 Å². The summed E-state index contributed by atoms with van der Waals surface area (Å²) in [7, 11) is 0. The van der Waals surface area contributed by atoms with E-state index >= 15 is 0 Å². The second-order valence-electron chi connectivity index (χ2n) is 4.40. The van der Waals surface area contributed by atoms with Gasteiger partial charge in [-0.3, -0.25) is 0 Å². The number of aliphatic imine (C=N–C) groups is 2. The molecule has 0 bridgehead atoms. The molecule has 16 heavy (non-hydrogen) atoms. The van der Waals surface area contributed by atoms with E-state index < -0.39 is 0 Å². The van der Waals surface area contributed by atoms with Gasteiger partial charge in [-0.25, -0.2) is 9.98 Å². The molecule has 2 rings (SSSR count). The van der Waals surface area contributed by atoms with Crippen molar-refractivity contribution in [1.82, 2.24) is 0 Å². The van der Waals surface area contributed by atoms with Crippen molar-refractivity contribution in [2.24, 2.45) is 15.9 Å². The van der Waals surface area contributed by atoms with Gasteiger partial charge in [0, 0.05) is 0 Å². The van der Waals surface area contributed by atoms with Crippen molar-refractivity contribution in [3.63, 3.8) is 0 Å². The fourth-order valence-corrected chi connectivity index (χ4v) is 1.87. The van der Waals surface area contributed by atoms with Crippen LogP contribution in [-0.4, -0.2) is 37.1 Å². The van der Waals surface area contributed by atoms with Crippen LogP contribution in [0.5, 0.6) is 0 Å². The van der Waals surface area contributed by atoms with Crippen molar-refractivity contribution in [2.45, 2.75) is 45.7 Å². The first-order valence-electron chi connectivity index (χ1n) is 6.15. The van der Waals surface area contributed by atoms with Crippen LogP contribution in [0.3, 0.4) is 0 Å². The van der Waals surface area contributed by atoms with E-state index in [0.717, 1.165) is 24.6 Å². The minimum Gasteiger partial charge on any atom is -0.478 e. The third kappa shape index (κ3) is 2.20. The van der Waals surface area contributed by atoms with Crippen LogP contribution in [0.25, 0.3) is 0 Å². The molecule has 0 fully saturated rings. The molecular weight excluding hydrogens is 204 g/mol. The first-order chi connectivity index (χ1) is 7.74. The van der Waals surface area contributed by atoms with Gasteiger partial charge >= 0.3 is 0 Å². The Labute approximate surface area is 96.8 Å².